The number of thiol groups is 1. The number of carbonyl (C=O) groups excluding carboxylic acids is 2. The molecule has 36 heavy (non-hydrogen) atoms. The van der Waals surface area contributed by atoms with Crippen LogP contribution < -0.4 is 4.74 Å². The van der Waals surface area contributed by atoms with Crippen LogP contribution in [0.4, 0.5) is 0 Å². The molecule has 3 fully saturated rings. The number of rotatable bonds is 7. The number of fused-ring (bicyclic) bond motifs is 1. The van der Waals surface area contributed by atoms with E-state index in [0.717, 1.165) is 24.0 Å². The molecule has 3 aromatic carbocycles. The Morgan fingerprint density at radius 3 is 2.14 bits per heavy atom. The number of carbonyl (C=O) groups is 2. The second-order valence-corrected chi connectivity index (χ2v) is 12.3. The van der Waals surface area contributed by atoms with Gasteiger partial charge in [-0.1, -0.05) is 36.4 Å². The van der Waals surface area contributed by atoms with Gasteiger partial charge in [-0.3, -0.25) is 4.79 Å². The van der Waals surface area contributed by atoms with E-state index in [1.54, 1.807) is 0 Å². The highest BCUT2D eigenvalue weighted by molar-refractivity contribution is 8.17. The monoisotopic (exact) mass is 502 g/mol. The van der Waals surface area contributed by atoms with Crippen LogP contribution in [0, 0.1) is 31.6 Å². The molecule has 1 saturated heterocycles. The minimum absolute atomic E-state index is 0.00673. The maximum Gasteiger partial charge on any atom is 0.344 e. The molecule has 186 valence electrons. The Balaban J connectivity index is 1.18. The molecule has 2 bridgehead atoms. The summed E-state index contributed by atoms with van der Waals surface area (Å²) >= 11 is 0. The summed E-state index contributed by atoms with van der Waals surface area (Å²) in [6.45, 7) is 3.88. The van der Waals surface area contributed by atoms with Gasteiger partial charge in [0.2, 0.25) is 0 Å². The van der Waals surface area contributed by atoms with Crippen molar-refractivity contribution < 1.29 is 23.8 Å². The first-order valence-electron chi connectivity index (χ1n) is 12.5. The molecule has 0 amide bonds. The van der Waals surface area contributed by atoms with Crippen molar-refractivity contribution in [1.82, 2.24) is 0 Å². The van der Waals surface area contributed by atoms with Crippen LogP contribution in [0.1, 0.15) is 24.0 Å². The second kappa shape index (κ2) is 9.32. The fraction of sp³-hybridized carbons (Fsp3) is 0.333. The third kappa shape index (κ3) is 4.07. The van der Waals surface area contributed by atoms with Crippen LogP contribution in [0.25, 0.3) is 0 Å². The largest absolute Gasteiger partial charge is 0.481 e. The van der Waals surface area contributed by atoms with Crippen molar-refractivity contribution in [3.63, 3.8) is 0 Å². The minimum atomic E-state index is -0.720. The predicted molar refractivity (Wildman–Crippen MR) is 138 cm³/mol. The summed E-state index contributed by atoms with van der Waals surface area (Å²) in [5.41, 5.74) is 1.98. The lowest BCUT2D eigenvalue weighted by molar-refractivity contribution is -0.163. The molecule has 1 aliphatic heterocycles. The van der Waals surface area contributed by atoms with Gasteiger partial charge in [0.25, 0.3) is 0 Å². The molecule has 0 aromatic heterocycles. The Kier molecular flexibility index (Phi) is 6.00. The van der Waals surface area contributed by atoms with Crippen LogP contribution in [0.3, 0.4) is 0 Å². The van der Waals surface area contributed by atoms with Crippen molar-refractivity contribution in [3.05, 3.63) is 83.9 Å². The van der Waals surface area contributed by atoms with Gasteiger partial charge in [0.05, 0.1) is 5.92 Å². The van der Waals surface area contributed by atoms with Gasteiger partial charge in [0, 0.05) is 11.8 Å². The molecular formula is C30H30O5S. The lowest BCUT2D eigenvalue weighted by Crippen LogP contribution is -2.37. The van der Waals surface area contributed by atoms with Crippen LogP contribution in [-0.2, 0) is 19.1 Å². The Morgan fingerprint density at radius 2 is 1.53 bits per heavy atom. The van der Waals surface area contributed by atoms with Crippen molar-refractivity contribution in [2.45, 2.75) is 53.6 Å². The van der Waals surface area contributed by atoms with Gasteiger partial charge in [0.1, 0.15) is 18.0 Å². The molecule has 5 atom stereocenters. The third-order valence-corrected chi connectivity index (χ3v) is 10.2. The summed E-state index contributed by atoms with van der Waals surface area (Å²) in [6.07, 6.45) is 1.07. The molecule has 6 heteroatoms. The molecule has 5 nitrogen and oxygen atoms in total. The average molecular weight is 503 g/mol. The number of benzene rings is 3. The first-order chi connectivity index (χ1) is 17.5. The quantitative estimate of drug-likeness (QED) is 0.334. The summed E-state index contributed by atoms with van der Waals surface area (Å²) < 4.78 is 17.3. The van der Waals surface area contributed by atoms with E-state index in [1.165, 1.54) is 14.7 Å². The van der Waals surface area contributed by atoms with Gasteiger partial charge in [-0.2, -0.15) is 10.9 Å². The first kappa shape index (κ1) is 23.2. The molecule has 2 saturated carbocycles. The Hall–Kier alpha value is -3.25. The zero-order valence-corrected chi connectivity index (χ0v) is 21.3. The maximum absolute atomic E-state index is 12.7. The maximum atomic E-state index is 12.7. The third-order valence-electron chi connectivity index (χ3n) is 7.75. The highest BCUT2D eigenvalue weighted by atomic mass is 32.2. The standard InChI is InChI=1S/C30H30O5S/c1-18-13-23(36(21-9-5-3-6-10-21)22-11-7-4-8-12-22)14-19(2)27(18)33-17-26(31)34-28-20-15-24-25(16-20)30(32)35-29(24)28/h3-14,20,24-25,28-29,36H,15-17H2,1-2H3. The van der Waals surface area contributed by atoms with Crippen LogP contribution in [-0.4, -0.2) is 30.8 Å². The molecule has 6 rings (SSSR count). The fourth-order valence-electron chi connectivity index (χ4n) is 6.27. The number of ether oxygens (including phenoxy) is 3. The number of hydrogen-bond acceptors (Lipinski definition) is 5. The first-order valence-corrected chi connectivity index (χ1v) is 13.9. The number of hydrogen-bond donors (Lipinski definition) is 1. The smallest absolute Gasteiger partial charge is 0.344 e. The van der Waals surface area contributed by atoms with Crippen LogP contribution in [0.2, 0.25) is 0 Å². The molecule has 3 aromatic rings. The van der Waals surface area contributed by atoms with E-state index in [-0.39, 0.29) is 42.5 Å². The predicted octanol–water partition coefficient (Wildman–Crippen LogP) is 5.65. The summed E-state index contributed by atoms with van der Waals surface area (Å²) in [4.78, 5) is 28.5. The van der Waals surface area contributed by atoms with Gasteiger partial charge in [0.15, 0.2) is 6.61 Å². The van der Waals surface area contributed by atoms with Crippen molar-refractivity contribution in [1.29, 1.82) is 0 Å². The van der Waals surface area contributed by atoms with Gasteiger partial charge >= 0.3 is 11.9 Å². The lowest BCUT2D eigenvalue weighted by atomic mass is 9.88. The van der Waals surface area contributed by atoms with Crippen molar-refractivity contribution in [2.24, 2.45) is 17.8 Å². The Bertz CT molecular complexity index is 1230. The van der Waals surface area contributed by atoms with Gasteiger partial charge in [-0.25, -0.2) is 4.79 Å². The van der Waals surface area contributed by atoms with E-state index in [0.29, 0.717) is 5.75 Å². The molecule has 1 heterocycles. The molecular weight excluding hydrogens is 472 g/mol. The average Bonchev–Trinajstić information content (AvgIpc) is 3.51. The molecule has 0 radical (unpaired) electrons. The van der Waals surface area contributed by atoms with E-state index in [1.807, 2.05) is 26.0 Å². The number of esters is 2. The van der Waals surface area contributed by atoms with Crippen molar-refractivity contribution in [3.8, 4) is 5.75 Å². The Morgan fingerprint density at radius 1 is 0.917 bits per heavy atom. The summed E-state index contributed by atoms with van der Waals surface area (Å²) in [7, 11) is -0.720. The van der Waals surface area contributed by atoms with Crippen LogP contribution in [0.5, 0.6) is 5.75 Å². The summed E-state index contributed by atoms with van der Waals surface area (Å²) in [5, 5.41) is 0. The van der Waals surface area contributed by atoms with E-state index in [2.05, 4.69) is 60.7 Å². The van der Waals surface area contributed by atoms with Crippen LogP contribution >= 0.6 is 10.9 Å². The number of aryl methyl sites for hydroxylation is 2. The van der Waals surface area contributed by atoms with Gasteiger partial charge in [-0.15, -0.1) is 0 Å². The SMILES string of the molecule is Cc1cc([SH](c2ccccc2)c2ccccc2)cc(C)c1OCC(=O)OC1C2CC3C(=O)OC1C3C2. The van der Waals surface area contributed by atoms with E-state index in [9.17, 15) is 9.59 Å². The van der Waals surface area contributed by atoms with Gasteiger partial charge in [-0.05, 0) is 88.9 Å². The van der Waals surface area contributed by atoms with Crippen LogP contribution in [0.15, 0.2) is 87.5 Å². The molecule has 5 unspecified atom stereocenters. The summed E-state index contributed by atoms with van der Waals surface area (Å²) in [6, 6.07) is 25.5. The van der Waals surface area contributed by atoms with Crippen molar-refractivity contribution >= 4 is 22.8 Å². The topological polar surface area (TPSA) is 61.8 Å². The van der Waals surface area contributed by atoms with E-state index < -0.39 is 16.9 Å². The second-order valence-electron chi connectivity index (χ2n) is 10.1. The molecule has 0 spiro atoms. The normalized spacial score (nSPS) is 26.0. The Labute approximate surface area is 214 Å². The zero-order chi connectivity index (χ0) is 24.8. The molecule has 0 N–H and O–H groups in total. The summed E-state index contributed by atoms with van der Waals surface area (Å²) in [5.74, 6) is 0.616. The molecule has 2 aliphatic carbocycles. The van der Waals surface area contributed by atoms with Gasteiger partial charge < -0.3 is 14.2 Å². The lowest BCUT2D eigenvalue weighted by Gasteiger charge is -2.26. The minimum Gasteiger partial charge on any atom is -0.481 e. The molecule has 3 aliphatic rings. The highest BCUT2D eigenvalue weighted by Crippen LogP contribution is 2.55. The van der Waals surface area contributed by atoms with E-state index in [4.69, 9.17) is 14.2 Å². The van der Waals surface area contributed by atoms with Crippen molar-refractivity contribution in [2.75, 3.05) is 6.61 Å². The zero-order valence-electron chi connectivity index (χ0n) is 20.4. The fourth-order valence-corrected chi connectivity index (χ4v) is 8.75. The highest BCUT2D eigenvalue weighted by Gasteiger charge is 2.63. The van der Waals surface area contributed by atoms with E-state index >= 15 is 0 Å².